The van der Waals surface area contributed by atoms with Crippen molar-refractivity contribution in [1.82, 2.24) is 24.5 Å². The first-order chi connectivity index (χ1) is 55.5. The lowest BCUT2D eigenvalue weighted by molar-refractivity contribution is 1.15. The zero-order valence-corrected chi connectivity index (χ0v) is 61.0. The van der Waals surface area contributed by atoms with Gasteiger partial charge in [-0.15, -0.1) is 0 Å². The second-order valence-corrected chi connectivity index (χ2v) is 28.8. The molecule has 3 aromatic heterocycles. The van der Waals surface area contributed by atoms with Crippen LogP contribution >= 0.6 is 0 Å². The summed E-state index contributed by atoms with van der Waals surface area (Å²) in [6.45, 7) is -0.175. The summed E-state index contributed by atoms with van der Waals surface area (Å²) in [5.74, 6) is 1.27. The Labute approximate surface area is 650 Å². The van der Waals surface area contributed by atoms with E-state index in [0.29, 0.717) is 11.6 Å². The van der Waals surface area contributed by atoms with Gasteiger partial charge >= 0.3 is 0 Å². The maximum Gasteiger partial charge on any atom is 0.252 e. The molecule has 522 valence electrons. The molecule has 112 heavy (non-hydrogen) atoms. The summed E-state index contributed by atoms with van der Waals surface area (Å²) in [6.07, 6.45) is 0. The Morgan fingerprint density at radius 3 is 0.991 bits per heavy atom. The standard InChI is InChI=1S/C104H68BN7/c1-9-27-69(28-10-1)73-45-53-84(54-46-73)110-98-59-50-80(71-31-13-3-14-32-71)63-89(98)105-90-64-81(72-33-15-4-16-34-72)51-60-99(90)111(85-55-47-74(48-56-85)70-29-11-2-12-30-70)101-66-83(65-100(110)102(101)105)79-49-57-96-87(61-79)86-43-25-26-44-95(86)112(96)97-58-52-82(93-67-91(75-35-17-5-18-36-75)106-103(108-93)77-39-21-7-22-40-77)62-88(97)94-68-92(76-37-19-6-20-38-76)107-104(109-94)78-41-23-8-24-42-78/h1-68H. The Morgan fingerprint density at radius 2 is 0.527 bits per heavy atom. The van der Waals surface area contributed by atoms with Crippen molar-refractivity contribution in [2.75, 3.05) is 9.80 Å². The highest BCUT2D eigenvalue weighted by Gasteiger charge is 2.44. The number of nitrogens with zero attached hydrogens (tertiary/aromatic N) is 7. The molecule has 0 fully saturated rings. The lowest BCUT2D eigenvalue weighted by Gasteiger charge is -2.44. The number of fused-ring (bicyclic) bond motifs is 7. The van der Waals surface area contributed by atoms with Gasteiger partial charge in [0.05, 0.1) is 39.5 Å². The average molecular weight is 1430 g/mol. The fourth-order valence-corrected chi connectivity index (χ4v) is 16.9. The third kappa shape index (κ3) is 11.7. The first-order valence-corrected chi connectivity index (χ1v) is 38.2. The Balaban J connectivity index is 0.803. The summed E-state index contributed by atoms with van der Waals surface area (Å²) < 4.78 is 2.44. The van der Waals surface area contributed by atoms with E-state index in [4.69, 9.17) is 19.9 Å². The van der Waals surface area contributed by atoms with E-state index < -0.39 is 0 Å². The van der Waals surface area contributed by atoms with Crippen molar-refractivity contribution in [3.05, 3.63) is 413 Å². The molecule has 21 rings (SSSR count). The highest BCUT2D eigenvalue weighted by molar-refractivity contribution is 7.00. The van der Waals surface area contributed by atoms with E-state index in [1.54, 1.807) is 0 Å². The first kappa shape index (κ1) is 65.4. The van der Waals surface area contributed by atoms with E-state index in [1.807, 2.05) is 36.4 Å². The van der Waals surface area contributed by atoms with Gasteiger partial charge in [0, 0.05) is 78.3 Å². The molecule has 7 nitrogen and oxygen atoms in total. The zero-order valence-electron chi connectivity index (χ0n) is 61.0. The van der Waals surface area contributed by atoms with Crippen LogP contribution in [-0.4, -0.2) is 31.2 Å². The van der Waals surface area contributed by atoms with Gasteiger partial charge < -0.3 is 14.4 Å². The molecular formula is C104H68BN7. The molecule has 0 bridgehead atoms. The van der Waals surface area contributed by atoms with Crippen LogP contribution in [0.25, 0.3) is 151 Å². The Bertz CT molecular complexity index is 6450. The van der Waals surface area contributed by atoms with Crippen molar-refractivity contribution in [1.29, 1.82) is 0 Å². The fourth-order valence-electron chi connectivity index (χ4n) is 16.9. The van der Waals surface area contributed by atoms with Crippen LogP contribution in [0.15, 0.2) is 413 Å². The second kappa shape index (κ2) is 27.7. The largest absolute Gasteiger partial charge is 0.311 e. The summed E-state index contributed by atoms with van der Waals surface area (Å²) in [5, 5.41) is 2.23. The Kier molecular flexibility index (Phi) is 16.2. The molecule has 0 N–H and O–H groups in total. The van der Waals surface area contributed by atoms with Crippen LogP contribution in [0.4, 0.5) is 34.1 Å². The number of rotatable bonds is 14. The van der Waals surface area contributed by atoms with Crippen molar-refractivity contribution < 1.29 is 0 Å². The summed E-state index contributed by atoms with van der Waals surface area (Å²) >= 11 is 0. The molecule has 19 aromatic rings. The molecule has 5 heterocycles. The second-order valence-electron chi connectivity index (χ2n) is 28.8. The van der Waals surface area contributed by atoms with Crippen LogP contribution in [0.3, 0.4) is 0 Å². The predicted molar refractivity (Wildman–Crippen MR) is 466 cm³/mol. The van der Waals surface area contributed by atoms with Crippen molar-refractivity contribution in [3.8, 4) is 129 Å². The zero-order chi connectivity index (χ0) is 74.0. The van der Waals surface area contributed by atoms with Gasteiger partial charge in [-0.3, -0.25) is 0 Å². The molecule has 0 spiro atoms. The SMILES string of the molecule is c1ccc(-c2ccc(N3c4ccc(-c5ccccc5)cc4B4c5cc(-c6ccccc6)ccc5N(c5ccc(-c6ccccc6)cc5)c5cc(-c6ccc7c(c6)c6ccccc6n7-c6ccc(-c7cc(-c8ccccc8)nc(-c8ccccc8)n7)cc6-c6cc(-c7ccccc7)nc(-c7ccccc7)n6)cc3c54)cc2)cc1. The summed E-state index contributed by atoms with van der Waals surface area (Å²) in [6, 6.07) is 149. The smallest absolute Gasteiger partial charge is 0.252 e. The quantitative estimate of drug-likeness (QED) is 0.101. The maximum atomic E-state index is 5.60. The average Bonchev–Trinajstić information content (AvgIpc) is 0.801. The van der Waals surface area contributed by atoms with Crippen LogP contribution in [0.5, 0.6) is 0 Å². The third-order valence-electron chi connectivity index (χ3n) is 22.2. The van der Waals surface area contributed by atoms with Crippen molar-refractivity contribution in [2.24, 2.45) is 0 Å². The topological polar surface area (TPSA) is 63.0 Å². The van der Waals surface area contributed by atoms with Crippen LogP contribution in [0.2, 0.25) is 0 Å². The number of hydrogen-bond acceptors (Lipinski definition) is 6. The monoisotopic (exact) mass is 1430 g/mol. The van der Waals surface area contributed by atoms with Gasteiger partial charge in [0.1, 0.15) is 0 Å². The summed E-state index contributed by atoms with van der Waals surface area (Å²) in [7, 11) is 0. The Hall–Kier alpha value is -14.9. The molecule has 0 amide bonds. The van der Waals surface area contributed by atoms with Crippen LogP contribution in [0.1, 0.15) is 0 Å². The highest BCUT2D eigenvalue weighted by Crippen LogP contribution is 2.49. The molecule has 0 radical (unpaired) electrons. The van der Waals surface area contributed by atoms with Gasteiger partial charge in [-0.1, -0.05) is 322 Å². The molecule has 0 atom stereocenters. The Morgan fingerprint density at radius 1 is 0.196 bits per heavy atom. The number of benzene rings is 16. The molecule has 0 unspecified atom stereocenters. The molecular weight excluding hydrogens is 1360 g/mol. The third-order valence-corrected chi connectivity index (χ3v) is 22.2. The molecule has 0 aliphatic carbocycles. The first-order valence-electron chi connectivity index (χ1n) is 38.2. The van der Waals surface area contributed by atoms with Crippen molar-refractivity contribution in [3.63, 3.8) is 0 Å². The number of para-hydroxylation sites is 1. The molecule has 2 aliphatic rings. The lowest BCUT2D eigenvalue weighted by Crippen LogP contribution is -2.61. The molecule has 2 aliphatic heterocycles. The van der Waals surface area contributed by atoms with Crippen LogP contribution in [-0.2, 0) is 0 Å². The van der Waals surface area contributed by atoms with E-state index in [0.717, 1.165) is 140 Å². The minimum absolute atomic E-state index is 0.175. The molecule has 8 heteroatoms. The van der Waals surface area contributed by atoms with Gasteiger partial charge in [0.2, 0.25) is 0 Å². The van der Waals surface area contributed by atoms with E-state index in [2.05, 4.69) is 390 Å². The molecule has 16 aromatic carbocycles. The number of anilines is 6. The number of aromatic nitrogens is 5. The minimum atomic E-state index is -0.175. The van der Waals surface area contributed by atoms with Crippen molar-refractivity contribution in [2.45, 2.75) is 0 Å². The summed E-state index contributed by atoms with van der Waals surface area (Å²) in [5.41, 5.74) is 33.8. The van der Waals surface area contributed by atoms with E-state index in [9.17, 15) is 0 Å². The highest BCUT2D eigenvalue weighted by atomic mass is 15.2. The molecule has 0 saturated heterocycles. The molecule has 0 saturated carbocycles. The minimum Gasteiger partial charge on any atom is -0.311 e. The predicted octanol–water partition coefficient (Wildman–Crippen LogP) is 24.8. The maximum absolute atomic E-state index is 5.60. The van der Waals surface area contributed by atoms with Crippen LogP contribution < -0.4 is 26.2 Å². The van der Waals surface area contributed by atoms with Gasteiger partial charge in [-0.05, 0) is 163 Å². The van der Waals surface area contributed by atoms with Gasteiger partial charge in [-0.2, -0.15) is 0 Å². The van der Waals surface area contributed by atoms with Gasteiger partial charge in [0.25, 0.3) is 6.71 Å². The van der Waals surface area contributed by atoms with Crippen LogP contribution in [0, 0.1) is 0 Å². The summed E-state index contributed by atoms with van der Waals surface area (Å²) in [4.78, 5) is 26.7. The normalized spacial score (nSPS) is 12.1. The van der Waals surface area contributed by atoms with Gasteiger partial charge in [0.15, 0.2) is 11.6 Å². The lowest BCUT2D eigenvalue weighted by atomic mass is 9.33. The van der Waals surface area contributed by atoms with E-state index in [1.165, 1.54) is 49.8 Å². The number of hydrogen-bond donors (Lipinski definition) is 0. The van der Waals surface area contributed by atoms with Gasteiger partial charge in [-0.25, -0.2) is 19.9 Å². The van der Waals surface area contributed by atoms with Crippen molar-refractivity contribution >= 4 is 79.0 Å². The van der Waals surface area contributed by atoms with E-state index in [-0.39, 0.29) is 6.71 Å². The fraction of sp³-hybridized carbons (Fsp3) is 0. The van der Waals surface area contributed by atoms with E-state index >= 15 is 0 Å².